The Morgan fingerprint density at radius 2 is 1.48 bits per heavy atom. The molecule has 0 aliphatic heterocycles. The minimum absolute atomic E-state index is 0.00395. The average Bonchev–Trinajstić information content (AvgIpc) is 2.63. The summed E-state index contributed by atoms with van der Waals surface area (Å²) in [6.07, 6.45) is 0. The molecule has 0 amide bonds. The number of carboxylic acids is 1. The van der Waals surface area contributed by atoms with E-state index in [2.05, 4.69) is 0 Å². The third kappa shape index (κ3) is 5.37. The largest absolute Gasteiger partial charge is 0.482 e. The van der Waals surface area contributed by atoms with Crippen LogP contribution in [-0.4, -0.2) is 38.9 Å². The molecule has 0 radical (unpaired) electrons. The Labute approximate surface area is 145 Å². The summed E-state index contributed by atoms with van der Waals surface area (Å²) in [4.78, 5) is 11.3. The summed E-state index contributed by atoms with van der Waals surface area (Å²) in [6, 6.07) is 12.3. The summed E-state index contributed by atoms with van der Waals surface area (Å²) in [6.45, 7) is 0.142. The van der Waals surface area contributed by atoms with Crippen molar-refractivity contribution < 1.29 is 33.6 Å². The fourth-order valence-electron chi connectivity index (χ4n) is 2.03. The number of methoxy groups -OCH3 is 2. The quantitative estimate of drug-likeness (QED) is 0.661. The molecule has 134 valence electrons. The molecule has 0 saturated carbocycles. The van der Waals surface area contributed by atoms with Crippen molar-refractivity contribution in [3.05, 3.63) is 53.6 Å². The highest BCUT2D eigenvalue weighted by molar-refractivity contribution is 5.89. The number of hydrogen-bond donors (Lipinski definition) is 1. The lowest BCUT2D eigenvalue weighted by Crippen LogP contribution is -2.08. The van der Waals surface area contributed by atoms with Gasteiger partial charge >= 0.3 is 5.97 Å². The zero-order valence-corrected chi connectivity index (χ0v) is 14.1. The monoisotopic (exact) mass is 348 g/mol. The van der Waals surface area contributed by atoms with E-state index in [1.807, 2.05) is 30.3 Å². The van der Waals surface area contributed by atoms with Crippen LogP contribution in [0, 0.1) is 0 Å². The Bertz CT molecular complexity index is 656. The van der Waals surface area contributed by atoms with Crippen LogP contribution in [0.15, 0.2) is 42.5 Å². The zero-order valence-electron chi connectivity index (χ0n) is 14.1. The Kier molecular flexibility index (Phi) is 7.06. The molecule has 0 aliphatic rings. The van der Waals surface area contributed by atoms with Gasteiger partial charge < -0.3 is 28.8 Å². The first-order valence-electron chi connectivity index (χ1n) is 7.47. The first-order valence-corrected chi connectivity index (χ1v) is 7.47. The molecular formula is C18H20O7. The number of carbonyl (C=O) groups is 1. The lowest BCUT2D eigenvalue weighted by atomic mass is 10.2. The normalized spacial score (nSPS) is 10.3. The van der Waals surface area contributed by atoms with Gasteiger partial charge in [-0.1, -0.05) is 30.3 Å². The molecule has 0 fully saturated rings. The van der Waals surface area contributed by atoms with Gasteiger partial charge in [0.2, 0.25) is 5.75 Å². The molecule has 25 heavy (non-hydrogen) atoms. The topological polar surface area (TPSA) is 83.5 Å². The van der Waals surface area contributed by atoms with Crippen LogP contribution in [0.4, 0.5) is 0 Å². The van der Waals surface area contributed by atoms with E-state index in [4.69, 9.17) is 23.7 Å². The van der Waals surface area contributed by atoms with Gasteiger partial charge in [0, 0.05) is 14.2 Å². The summed E-state index contributed by atoms with van der Waals surface area (Å²) in [5, 5.41) is 9.27. The number of rotatable bonds is 10. The second kappa shape index (κ2) is 9.51. The van der Waals surface area contributed by atoms with Crippen molar-refractivity contribution in [1.29, 1.82) is 0 Å². The average molecular weight is 348 g/mol. The molecule has 0 unspecified atom stereocenters. The summed E-state index contributed by atoms with van der Waals surface area (Å²) >= 11 is 0. The summed E-state index contributed by atoms with van der Waals surface area (Å²) in [5.41, 5.74) is 0.949. The van der Waals surface area contributed by atoms with Crippen LogP contribution in [0.1, 0.15) is 15.9 Å². The van der Waals surface area contributed by atoms with Gasteiger partial charge in [-0.25, -0.2) is 4.79 Å². The Hall–Kier alpha value is -2.77. The fourth-order valence-corrected chi connectivity index (χ4v) is 2.03. The van der Waals surface area contributed by atoms with Gasteiger partial charge in [-0.2, -0.15) is 0 Å². The zero-order chi connectivity index (χ0) is 18.1. The molecular weight excluding hydrogens is 328 g/mol. The highest BCUT2D eigenvalue weighted by Gasteiger charge is 2.19. The lowest BCUT2D eigenvalue weighted by molar-refractivity contribution is 0.0403. The number of benzene rings is 2. The van der Waals surface area contributed by atoms with E-state index in [1.165, 1.54) is 26.4 Å². The maximum absolute atomic E-state index is 11.3. The van der Waals surface area contributed by atoms with E-state index in [-0.39, 0.29) is 43.0 Å². The first kappa shape index (κ1) is 18.6. The van der Waals surface area contributed by atoms with E-state index in [0.717, 1.165) is 5.56 Å². The molecule has 7 heteroatoms. The van der Waals surface area contributed by atoms with Gasteiger partial charge in [0.05, 0.1) is 5.56 Å². The van der Waals surface area contributed by atoms with Gasteiger partial charge in [-0.15, -0.1) is 0 Å². The van der Waals surface area contributed by atoms with E-state index < -0.39 is 5.97 Å². The van der Waals surface area contributed by atoms with Crippen molar-refractivity contribution >= 4 is 5.97 Å². The third-order valence-corrected chi connectivity index (χ3v) is 3.16. The molecule has 0 atom stereocenters. The SMILES string of the molecule is COCOc1cc(C(=O)O)cc(OCOC)c1OCc1ccccc1. The summed E-state index contributed by atoms with van der Waals surface area (Å²) in [5.74, 6) is -0.408. The first-order chi connectivity index (χ1) is 12.2. The third-order valence-electron chi connectivity index (χ3n) is 3.16. The predicted molar refractivity (Wildman–Crippen MR) is 89.2 cm³/mol. The molecule has 1 N–H and O–H groups in total. The maximum Gasteiger partial charge on any atom is 0.335 e. The summed E-state index contributed by atoms with van der Waals surface area (Å²) in [7, 11) is 2.93. The van der Waals surface area contributed by atoms with Crippen molar-refractivity contribution in [3.63, 3.8) is 0 Å². The lowest BCUT2D eigenvalue weighted by Gasteiger charge is -2.17. The minimum Gasteiger partial charge on any atom is -0.482 e. The van der Waals surface area contributed by atoms with E-state index in [1.54, 1.807) is 0 Å². The van der Waals surface area contributed by atoms with E-state index in [9.17, 15) is 9.90 Å². The Morgan fingerprint density at radius 1 is 0.920 bits per heavy atom. The van der Waals surface area contributed by atoms with Crippen LogP contribution >= 0.6 is 0 Å². The second-order valence-corrected chi connectivity index (χ2v) is 4.98. The molecule has 2 aromatic rings. The van der Waals surface area contributed by atoms with Crippen molar-refractivity contribution in [2.75, 3.05) is 27.8 Å². The smallest absolute Gasteiger partial charge is 0.335 e. The number of aromatic carboxylic acids is 1. The maximum atomic E-state index is 11.3. The molecule has 0 aliphatic carbocycles. The Morgan fingerprint density at radius 3 is 1.96 bits per heavy atom. The molecule has 2 aromatic carbocycles. The van der Waals surface area contributed by atoms with Gasteiger partial charge in [0.1, 0.15) is 6.61 Å². The molecule has 0 heterocycles. The van der Waals surface area contributed by atoms with Crippen LogP contribution in [-0.2, 0) is 16.1 Å². The second-order valence-electron chi connectivity index (χ2n) is 4.98. The fraction of sp³-hybridized carbons (Fsp3) is 0.278. The van der Waals surface area contributed by atoms with E-state index in [0.29, 0.717) is 0 Å². The highest BCUT2D eigenvalue weighted by atomic mass is 16.7. The Balaban J connectivity index is 2.34. The van der Waals surface area contributed by atoms with Crippen molar-refractivity contribution in [3.8, 4) is 17.2 Å². The van der Waals surface area contributed by atoms with Crippen LogP contribution < -0.4 is 14.2 Å². The molecule has 0 bridgehead atoms. The van der Waals surface area contributed by atoms with Gasteiger partial charge in [-0.3, -0.25) is 0 Å². The van der Waals surface area contributed by atoms with Gasteiger partial charge in [0.15, 0.2) is 25.1 Å². The van der Waals surface area contributed by atoms with Crippen molar-refractivity contribution in [2.24, 2.45) is 0 Å². The molecule has 0 saturated heterocycles. The van der Waals surface area contributed by atoms with E-state index >= 15 is 0 Å². The standard InChI is InChI=1S/C18H20O7/c1-21-11-24-15-8-14(18(19)20)9-16(25-12-22-2)17(15)23-10-13-6-4-3-5-7-13/h3-9H,10-12H2,1-2H3,(H,19,20). The van der Waals surface area contributed by atoms with Gasteiger partial charge in [-0.05, 0) is 17.7 Å². The van der Waals surface area contributed by atoms with Crippen molar-refractivity contribution in [2.45, 2.75) is 6.61 Å². The van der Waals surface area contributed by atoms with Gasteiger partial charge in [0.25, 0.3) is 0 Å². The van der Waals surface area contributed by atoms with Crippen LogP contribution in [0.3, 0.4) is 0 Å². The summed E-state index contributed by atoms with van der Waals surface area (Å²) < 4.78 is 26.5. The van der Waals surface area contributed by atoms with Crippen LogP contribution in [0.5, 0.6) is 17.2 Å². The predicted octanol–water partition coefficient (Wildman–Crippen LogP) is 2.93. The van der Waals surface area contributed by atoms with Crippen molar-refractivity contribution in [1.82, 2.24) is 0 Å². The highest BCUT2D eigenvalue weighted by Crippen LogP contribution is 2.39. The molecule has 0 aromatic heterocycles. The van der Waals surface area contributed by atoms with Crippen LogP contribution in [0.2, 0.25) is 0 Å². The molecule has 2 rings (SSSR count). The number of carboxylic acid groups (broad SMARTS) is 1. The van der Waals surface area contributed by atoms with Crippen LogP contribution in [0.25, 0.3) is 0 Å². The minimum atomic E-state index is -1.11. The molecule has 7 nitrogen and oxygen atoms in total. The number of hydrogen-bond acceptors (Lipinski definition) is 6. The molecule has 0 spiro atoms. The number of ether oxygens (including phenoxy) is 5.